The van der Waals surface area contributed by atoms with Crippen molar-refractivity contribution < 1.29 is 8.42 Å². The monoisotopic (exact) mass is 401 g/mol. The summed E-state index contributed by atoms with van der Waals surface area (Å²) in [7, 11) is -3.48. The van der Waals surface area contributed by atoms with Crippen LogP contribution >= 0.6 is 22.9 Å². The minimum atomic E-state index is -3.48. The van der Waals surface area contributed by atoms with Gasteiger partial charge in [-0.3, -0.25) is 0 Å². The van der Waals surface area contributed by atoms with E-state index in [2.05, 4.69) is 20.2 Å². The van der Waals surface area contributed by atoms with Gasteiger partial charge in [-0.05, 0) is 26.0 Å². The van der Waals surface area contributed by atoms with Crippen molar-refractivity contribution in [3.05, 3.63) is 28.4 Å². The summed E-state index contributed by atoms with van der Waals surface area (Å²) in [5.41, 5.74) is 0. The van der Waals surface area contributed by atoms with Crippen LogP contribution in [0.4, 0.5) is 11.6 Å². The van der Waals surface area contributed by atoms with Gasteiger partial charge in [-0.2, -0.15) is 4.31 Å². The lowest BCUT2D eigenvalue weighted by Crippen LogP contribution is -2.48. The van der Waals surface area contributed by atoms with E-state index in [0.717, 1.165) is 29.5 Å². The number of sulfonamides is 1. The topological polar surface area (TPSA) is 78.4 Å². The molecule has 3 rings (SSSR count). The van der Waals surface area contributed by atoms with E-state index in [0.29, 0.717) is 40.5 Å². The predicted molar refractivity (Wildman–Crippen MR) is 101 cm³/mol. The van der Waals surface area contributed by atoms with Gasteiger partial charge < -0.3 is 10.2 Å². The molecule has 1 aliphatic heterocycles. The number of anilines is 2. The lowest BCUT2D eigenvalue weighted by molar-refractivity contribution is 0.384. The number of hydrogen-bond acceptors (Lipinski definition) is 7. The van der Waals surface area contributed by atoms with E-state index in [4.69, 9.17) is 11.6 Å². The summed E-state index contributed by atoms with van der Waals surface area (Å²) >= 11 is 6.96. The smallest absolute Gasteiger partial charge is 0.252 e. The Labute approximate surface area is 156 Å². The van der Waals surface area contributed by atoms with Crippen molar-refractivity contribution >= 4 is 44.6 Å². The summed E-state index contributed by atoms with van der Waals surface area (Å²) in [4.78, 5) is 10.9. The van der Waals surface area contributed by atoms with Gasteiger partial charge in [0.25, 0.3) is 10.0 Å². The molecular weight excluding hydrogens is 382 g/mol. The number of halogens is 1. The van der Waals surface area contributed by atoms with E-state index >= 15 is 0 Å². The van der Waals surface area contributed by atoms with Crippen LogP contribution < -0.4 is 10.2 Å². The molecular formula is C15H20ClN5O2S2. The van der Waals surface area contributed by atoms with Crippen LogP contribution in [-0.4, -0.2) is 55.4 Å². The zero-order valence-electron chi connectivity index (χ0n) is 14.1. The van der Waals surface area contributed by atoms with Gasteiger partial charge in [-0.15, -0.1) is 11.3 Å². The minimum Gasteiger partial charge on any atom is -0.370 e. The maximum Gasteiger partial charge on any atom is 0.252 e. The van der Waals surface area contributed by atoms with Gasteiger partial charge in [-0.1, -0.05) is 11.6 Å². The van der Waals surface area contributed by atoms with Crippen molar-refractivity contribution in [2.75, 3.05) is 42.9 Å². The highest BCUT2D eigenvalue weighted by Gasteiger charge is 2.30. The third kappa shape index (κ3) is 4.05. The molecule has 1 N–H and O–H groups in total. The Hall–Kier alpha value is -1.42. The summed E-state index contributed by atoms with van der Waals surface area (Å²) in [6.45, 7) is 6.64. The molecule has 0 radical (unpaired) electrons. The Morgan fingerprint density at radius 2 is 1.96 bits per heavy atom. The average Bonchev–Trinajstić information content (AvgIpc) is 3.02. The largest absolute Gasteiger partial charge is 0.370 e. The summed E-state index contributed by atoms with van der Waals surface area (Å²) in [5.74, 6) is 2.30. The zero-order valence-corrected chi connectivity index (χ0v) is 16.5. The van der Waals surface area contributed by atoms with Gasteiger partial charge in [0.1, 0.15) is 21.7 Å². The molecule has 0 atom stereocenters. The van der Waals surface area contributed by atoms with Crippen LogP contribution in [0.25, 0.3) is 0 Å². The van der Waals surface area contributed by atoms with Gasteiger partial charge in [-0.25, -0.2) is 18.4 Å². The van der Waals surface area contributed by atoms with Gasteiger partial charge in [0.05, 0.1) is 4.34 Å². The number of aromatic nitrogens is 2. The first kappa shape index (κ1) is 18.4. The minimum absolute atomic E-state index is 0.290. The highest BCUT2D eigenvalue weighted by Crippen LogP contribution is 2.29. The SMILES string of the molecule is CCNc1cc(N2CCN(S(=O)(=O)c3ccc(Cl)s3)CC2)nc(C)n1. The Balaban J connectivity index is 1.72. The first-order valence-corrected chi connectivity index (χ1v) is 10.6. The fourth-order valence-electron chi connectivity index (χ4n) is 2.71. The van der Waals surface area contributed by atoms with E-state index < -0.39 is 10.0 Å². The van der Waals surface area contributed by atoms with Crippen LogP contribution in [0.2, 0.25) is 4.34 Å². The number of nitrogens with zero attached hydrogens (tertiary/aromatic N) is 4. The number of aryl methyl sites for hydroxylation is 1. The van der Waals surface area contributed by atoms with Gasteiger partial charge in [0, 0.05) is 38.8 Å². The van der Waals surface area contributed by atoms with E-state index in [9.17, 15) is 8.42 Å². The zero-order chi connectivity index (χ0) is 18.0. The molecule has 0 amide bonds. The molecule has 1 fully saturated rings. The molecule has 0 bridgehead atoms. The number of hydrogen-bond donors (Lipinski definition) is 1. The van der Waals surface area contributed by atoms with E-state index in [1.54, 1.807) is 12.1 Å². The van der Waals surface area contributed by atoms with Gasteiger partial charge >= 0.3 is 0 Å². The maximum absolute atomic E-state index is 12.7. The van der Waals surface area contributed by atoms with E-state index in [1.807, 2.05) is 19.9 Å². The first-order valence-electron chi connectivity index (χ1n) is 8.00. The Morgan fingerprint density at radius 1 is 1.24 bits per heavy atom. The average molecular weight is 402 g/mol. The molecule has 136 valence electrons. The van der Waals surface area contributed by atoms with Crippen molar-refractivity contribution in [2.45, 2.75) is 18.1 Å². The second-order valence-corrected chi connectivity index (χ2v) is 9.52. The predicted octanol–water partition coefficient (Wildman–Crippen LogP) is 2.44. The lowest BCUT2D eigenvalue weighted by Gasteiger charge is -2.34. The molecule has 0 saturated carbocycles. The number of nitrogens with one attached hydrogen (secondary N) is 1. The highest BCUT2D eigenvalue weighted by molar-refractivity contribution is 7.91. The van der Waals surface area contributed by atoms with Crippen LogP contribution in [0, 0.1) is 6.92 Å². The van der Waals surface area contributed by atoms with Crippen LogP contribution in [-0.2, 0) is 10.0 Å². The molecule has 10 heteroatoms. The lowest BCUT2D eigenvalue weighted by atomic mass is 10.3. The van der Waals surface area contributed by atoms with Crippen LogP contribution in [0.5, 0.6) is 0 Å². The van der Waals surface area contributed by atoms with Gasteiger partial charge in [0.15, 0.2) is 0 Å². The number of thiophene rings is 1. The second-order valence-electron chi connectivity index (χ2n) is 5.64. The fourth-order valence-corrected chi connectivity index (χ4v) is 5.77. The molecule has 0 aliphatic carbocycles. The fraction of sp³-hybridized carbons (Fsp3) is 0.467. The number of piperazine rings is 1. The standard InChI is InChI=1S/C15H20ClN5O2S2/c1-3-17-13-10-14(19-11(2)18-13)20-6-8-21(9-7-20)25(22,23)15-5-4-12(16)24-15/h4-5,10H,3,6-9H2,1-2H3,(H,17,18,19). The van der Waals surface area contributed by atoms with Crippen molar-refractivity contribution in [3.8, 4) is 0 Å². The molecule has 2 aromatic rings. The highest BCUT2D eigenvalue weighted by atomic mass is 35.5. The third-order valence-electron chi connectivity index (χ3n) is 3.89. The Kier molecular flexibility index (Phi) is 5.47. The van der Waals surface area contributed by atoms with Crippen molar-refractivity contribution in [1.82, 2.24) is 14.3 Å². The number of rotatable bonds is 5. The molecule has 3 heterocycles. The summed E-state index contributed by atoms with van der Waals surface area (Å²) in [6.07, 6.45) is 0. The van der Waals surface area contributed by atoms with E-state index in [-0.39, 0.29) is 0 Å². The first-order chi connectivity index (χ1) is 11.9. The van der Waals surface area contributed by atoms with Crippen LogP contribution in [0.15, 0.2) is 22.4 Å². The summed E-state index contributed by atoms with van der Waals surface area (Å²) in [5, 5.41) is 3.19. The quantitative estimate of drug-likeness (QED) is 0.829. The summed E-state index contributed by atoms with van der Waals surface area (Å²) in [6, 6.07) is 5.08. The van der Waals surface area contributed by atoms with E-state index in [1.165, 1.54) is 4.31 Å². The molecule has 0 aromatic carbocycles. The molecule has 1 aliphatic rings. The Morgan fingerprint density at radius 3 is 2.56 bits per heavy atom. The molecule has 1 saturated heterocycles. The summed E-state index contributed by atoms with van der Waals surface area (Å²) < 4.78 is 27.6. The molecule has 0 unspecified atom stereocenters. The van der Waals surface area contributed by atoms with Crippen molar-refractivity contribution in [2.24, 2.45) is 0 Å². The molecule has 0 spiro atoms. The Bertz CT molecular complexity index is 847. The van der Waals surface area contributed by atoms with Gasteiger partial charge in [0.2, 0.25) is 0 Å². The molecule has 25 heavy (non-hydrogen) atoms. The van der Waals surface area contributed by atoms with Crippen LogP contribution in [0.3, 0.4) is 0 Å². The molecule has 2 aromatic heterocycles. The van der Waals surface area contributed by atoms with Crippen molar-refractivity contribution in [1.29, 1.82) is 0 Å². The third-order valence-corrected chi connectivity index (χ3v) is 7.48. The molecule has 7 nitrogen and oxygen atoms in total. The second kappa shape index (κ2) is 7.45. The maximum atomic E-state index is 12.7. The van der Waals surface area contributed by atoms with Crippen LogP contribution in [0.1, 0.15) is 12.7 Å². The van der Waals surface area contributed by atoms with Crippen molar-refractivity contribution in [3.63, 3.8) is 0 Å². The normalized spacial score (nSPS) is 16.2.